The molecule has 1 unspecified atom stereocenters. The van der Waals surface area contributed by atoms with Crippen molar-refractivity contribution in [1.29, 1.82) is 0 Å². The number of aromatic nitrogens is 1. The molecule has 1 aliphatic rings. The van der Waals surface area contributed by atoms with Gasteiger partial charge in [-0.2, -0.15) is 0 Å². The second kappa shape index (κ2) is 5.56. The zero-order chi connectivity index (χ0) is 16.8. The number of phenols is 1. The average molecular weight is 343 g/mol. The summed E-state index contributed by atoms with van der Waals surface area (Å²) in [4.78, 5) is 14.1. The summed E-state index contributed by atoms with van der Waals surface area (Å²) in [6, 6.07) is 2.62. The molecule has 1 aliphatic carbocycles. The fraction of sp³-hybridized carbons (Fsp3) is 0.400. The van der Waals surface area contributed by atoms with Crippen molar-refractivity contribution in [1.82, 2.24) is 4.98 Å². The number of fused-ring (bicyclic) bond motifs is 1. The first kappa shape index (κ1) is 15.9. The zero-order valence-corrected chi connectivity index (χ0v) is 12.7. The Kier molecular flexibility index (Phi) is 3.83. The van der Waals surface area contributed by atoms with Gasteiger partial charge in [-0.05, 0) is 30.4 Å². The Balaban J connectivity index is 2.19. The highest BCUT2D eigenvalue weighted by Gasteiger charge is 2.37. The number of nitro benzene ring substituents is 1. The molecule has 0 spiro atoms. The minimum absolute atomic E-state index is 0.0292. The van der Waals surface area contributed by atoms with Crippen molar-refractivity contribution >= 4 is 28.2 Å². The molecule has 1 atom stereocenters. The number of nitro groups is 1. The van der Waals surface area contributed by atoms with E-state index < -0.39 is 28.2 Å². The third kappa shape index (κ3) is 2.81. The van der Waals surface area contributed by atoms with Gasteiger partial charge in [0.05, 0.1) is 9.95 Å². The van der Waals surface area contributed by atoms with Crippen molar-refractivity contribution < 1.29 is 18.8 Å². The molecule has 5 nitrogen and oxygen atoms in total. The van der Waals surface area contributed by atoms with E-state index in [-0.39, 0.29) is 23.4 Å². The maximum Gasteiger partial charge on any atom is 0.314 e. The standard InChI is InChI=1S/C15H13ClF2N2O3/c16-10-6-11(20(22)23)14(21)13-12(10)9(3-5-19-13)8-2-1-4-15(17,18)7-8/h3,5-6,8,21H,1-2,4,7H2. The molecular weight excluding hydrogens is 330 g/mol. The first-order valence-electron chi connectivity index (χ1n) is 7.12. The van der Waals surface area contributed by atoms with Gasteiger partial charge in [-0.3, -0.25) is 15.1 Å². The van der Waals surface area contributed by atoms with E-state index in [4.69, 9.17) is 11.6 Å². The summed E-state index contributed by atoms with van der Waals surface area (Å²) in [5, 5.41) is 21.3. The van der Waals surface area contributed by atoms with Crippen LogP contribution in [0.15, 0.2) is 18.3 Å². The molecule has 0 amide bonds. The maximum atomic E-state index is 13.7. The van der Waals surface area contributed by atoms with E-state index >= 15 is 0 Å². The number of halogens is 3. The third-order valence-electron chi connectivity index (χ3n) is 4.23. The second-order valence-corrected chi connectivity index (χ2v) is 6.16. The molecule has 0 radical (unpaired) electrons. The Bertz CT molecular complexity index is 798. The highest BCUT2D eigenvalue weighted by molar-refractivity contribution is 6.36. The summed E-state index contributed by atoms with van der Waals surface area (Å²) in [6.07, 6.45) is 1.86. The zero-order valence-electron chi connectivity index (χ0n) is 11.9. The number of aromatic hydroxyl groups is 1. The lowest BCUT2D eigenvalue weighted by molar-refractivity contribution is -0.385. The van der Waals surface area contributed by atoms with Crippen LogP contribution in [0.2, 0.25) is 5.02 Å². The van der Waals surface area contributed by atoms with E-state index in [9.17, 15) is 24.0 Å². The Labute approximate surface area is 135 Å². The van der Waals surface area contributed by atoms with Gasteiger partial charge in [0.1, 0.15) is 5.52 Å². The lowest BCUT2D eigenvalue weighted by Crippen LogP contribution is -2.25. The van der Waals surface area contributed by atoms with E-state index in [2.05, 4.69) is 4.98 Å². The normalized spacial score (nSPS) is 20.6. The number of alkyl halides is 2. The maximum absolute atomic E-state index is 13.7. The van der Waals surface area contributed by atoms with Crippen LogP contribution in [0, 0.1) is 10.1 Å². The molecule has 1 N–H and O–H groups in total. The lowest BCUT2D eigenvalue weighted by Gasteiger charge is -2.29. The topological polar surface area (TPSA) is 76.3 Å². The van der Waals surface area contributed by atoms with Crippen LogP contribution in [-0.2, 0) is 0 Å². The number of rotatable bonds is 2. The van der Waals surface area contributed by atoms with Gasteiger partial charge < -0.3 is 5.11 Å². The van der Waals surface area contributed by atoms with E-state index in [0.717, 1.165) is 6.07 Å². The summed E-state index contributed by atoms with van der Waals surface area (Å²) in [6.45, 7) is 0. The van der Waals surface area contributed by atoms with Gasteiger partial charge >= 0.3 is 5.69 Å². The van der Waals surface area contributed by atoms with Gasteiger partial charge in [0.2, 0.25) is 11.7 Å². The van der Waals surface area contributed by atoms with Crippen molar-refractivity contribution in [2.24, 2.45) is 0 Å². The van der Waals surface area contributed by atoms with E-state index in [1.165, 1.54) is 6.20 Å². The minimum atomic E-state index is -2.74. The molecule has 1 heterocycles. The van der Waals surface area contributed by atoms with E-state index in [1.807, 2.05) is 0 Å². The van der Waals surface area contributed by atoms with Crippen LogP contribution in [-0.4, -0.2) is 20.9 Å². The van der Waals surface area contributed by atoms with E-state index in [1.54, 1.807) is 6.07 Å². The quantitative estimate of drug-likeness (QED) is 0.628. The fourth-order valence-corrected chi connectivity index (χ4v) is 3.51. The Morgan fingerprint density at radius 3 is 2.87 bits per heavy atom. The monoisotopic (exact) mass is 342 g/mol. The minimum Gasteiger partial charge on any atom is -0.501 e. The highest BCUT2D eigenvalue weighted by atomic mass is 35.5. The predicted molar refractivity (Wildman–Crippen MR) is 81.2 cm³/mol. The molecule has 8 heteroatoms. The van der Waals surface area contributed by atoms with E-state index in [0.29, 0.717) is 23.8 Å². The SMILES string of the molecule is O=[N+]([O-])c1cc(Cl)c2c(C3CCCC(F)(F)C3)ccnc2c1O. The lowest BCUT2D eigenvalue weighted by atomic mass is 9.81. The Hall–Kier alpha value is -2.02. The molecule has 23 heavy (non-hydrogen) atoms. The number of pyridine rings is 1. The third-order valence-corrected chi connectivity index (χ3v) is 4.53. The number of nitrogens with zero attached hydrogens (tertiary/aromatic N) is 2. The molecule has 1 saturated carbocycles. The van der Waals surface area contributed by atoms with Crippen LogP contribution in [0.1, 0.15) is 37.2 Å². The first-order valence-corrected chi connectivity index (χ1v) is 7.50. The second-order valence-electron chi connectivity index (χ2n) is 5.76. The molecule has 0 bridgehead atoms. The van der Waals surface area contributed by atoms with Gasteiger partial charge in [0.25, 0.3) is 0 Å². The first-order chi connectivity index (χ1) is 10.8. The molecule has 1 fully saturated rings. The van der Waals surface area contributed by atoms with Crippen LogP contribution in [0.4, 0.5) is 14.5 Å². The largest absolute Gasteiger partial charge is 0.501 e. The molecule has 0 saturated heterocycles. The van der Waals surface area contributed by atoms with Gasteiger partial charge in [-0.25, -0.2) is 8.78 Å². The number of benzene rings is 1. The molecule has 1 aromatic heterocycles. The van der Waals surface area contributed by atoms with Gasteiger partial charge in [-0.15, -0.1) is 0 Å². The predicted octanol–water partition coefficient (Wildman–Crippen LogP) is 4.79. The molecule has 2 aromatic rings. The summed E-state index contributed by atoms with van der Waals surface area (Å²) in [5.74, 6) is -3.77. The Morgan fingerprint density at radius 1 is 1.48 bits per heavy atom. The van der Waals surface area contributed by atoms with Crippen molar-refractivity contribution in [2.45, 2.75) is 37.5 Å². The van der Waals surface area contributed by atoms with Crippen molar-refractivity contribution in [3.63, 3.8) is 0 Å². The van der Waals surface area contributed by atoms with Crippen molar-refractivity contribution in [3.8, 4) is 5.75 Å². The molecule has 3 rings (SSSR count). The summed E-state index contributed by atoms with van der Waals surface area (Å²) in [5.41, 5.74) is -0.0405. The molecule has 0 aliphatic heterocycles. The van der Waals surface area contributed by atoms with Gasteiger partial charge in [-0.1, -0.05) is 11.6 Å². The summed E-state index contributed by atoms with van der Waals surface area (Å²) in [7, 11) is 0. The smallest absolute Gasteiger partial charge is 0.314 e. The van der Waals surface area contributed by atoms with Crippen LogP contribution in [0.3, 0.4) is 0 Å². The van der Waals surface area contributed by atoms with Crippen molar-refractivity contribution in [3.05, 3.63) is 39.0 Å². The van der Waals surface area contributed by atoms with Crippen molar-refractivity contribution in [2.75, 3.05) is 0 Å². The van der Waals surface area contributed by atoms with Crippen LogP contribution >= 0.6 is 11.6 Å². The number of hydrogen-bond acceptors (Lipinski definition) is 4. The van der Waals surface area contributed by atoms with Gasteiger partial charge in [0.15, 0.2) is 0 Å². The summed E-state index contributed by atoms with van der Waals surface area (Å²) >= 11 is 6.13. The Morgan fingerprint density at radius 2 is 2.22 bits per heavy atom. The molecule has 1 aromatic carbocycles. The highest BCUT2D eigenvalue weighted by Crippen LogP contribution is 2.46. The van der Waals surface area contributed by atoms with Gasteiger partial charge in [0, 0.05) is 30.5 Å². The number of hydrogen-bond donors (Lipinski definition) is 1. The van der Waals surface area contributed by atoms with Crippen LogP contribution < -0.4 is 0 Å². The fourth-order valence-electron chi connectivity index (χ4n) is 3.21. The molecular formula is C15H13ClF2N2O3. The average Bonchev–Trinajstić information content (AvgIpc) is 2.49. The van der Waals surface area contributed by atoms with Crippen LogP contribution in [0.25, 0.3) is 10.9 Å². The summed E-state index contributed by atoms with van der Waals surface area (Å²) < 4.78 is 27.4. The molecule has 122 valence electrons. The number of phenolic OH excluding ortho intramolecular Hbond substituents is 1. The van der Waals surface area contributed by atoms with Crippen LogP contribution in [0.5, 0.6) is 5.75 Å².